The molecule has 2 aromatic rings. The van der Waals surface area contributed by atoms with Gasteiger partial charge in [-0.2, -0.15) is 0 Å². The molecule has 2 amide bonds. The molecule has 0 unspecified atom stereocenters. The molecule has 0 bridgehead atoms. The molecule has 0 aliphatic rings. The molecule has 0 aromatic heterocycles. The van der Waals surface area contributed by atoms with Crippen molar-refractivity contribution in [3.8, 4) is 11.5 Å². The Morgan fingerprint density at radius 1 is 1.11 bits per heavy atom. The lowest BCUT2D eigenvalue weighted by Crippen LogP contribution is -2.34. The van der Waals surface area contributed by atoms with E-state index in [1.807, 2.05) is 13.8 Å². The number of methoxy groups -OCH3 is 1. The molecule has 6 nitrogen and oxygen atoms in total. The summed E-state index contributed by atoms with van der Waals surface area (Å²) in [5.41, 5.74) is 1.48. The fraction of sp³-hybridized carbons (Fsp3) is 0.300. The van der Waals surface area contributed by atoms with Crippen LogP contribution in [-0.2, 0) is 4.79 Å². The summed E-state index contributed by atoms with van der Waals surface area (Å²) >= 11 is 0. The van der Waals surface area contributed by atoms with E-state index in [0.717, 1.165) is 0 Å². The minimum atomic E-state index is -0.368. The lowest BCUT2D eigenvalue weighted by atomic mass is 10.1. The van der Waals surface area contributed by atoms with Crippen LogP contribution in [0.5, 0.6) is 11.5 Å². The first-order chi connectivity index (χ1) is 12.8. The molecule has 0 atom stereocenters. The van der Waals surface area contributed by atoms with Gasteiger partial charge in [0.2, 0.25) is 0 Å². The largest absolute Gasteiger partial charge is 0.493 e. The van der Waals surface area contributed by atoms with Crippen LogP contribution in [0.25, 0.3) is 0 Å². The summed E-state index contributed by atoms with van der Waals surface area (Å²) in [6.07, 6.45) is 0. The number of nitrogens with one attached hydrogen (secondary N) is 2. The van der Waals surface area contributed by atoms with Crippen LogP contribution in [-0.4, -0.2) is 31.6 Å². The van der Waals surface area contributed by atoms with Gasteiger partial charge in [-0.05, 0) is 62.7 Å². The summed E-state index contributed by atoms with van der Waals surface area (Å²) in [6, 6.07) is 8.79. The number of rotatable bonds is 7. The Morgan fingerprint density at radius 2 is 1.85 bits per heavy atom. The van der Waals surface area contributed by atoms with E-state index in [1.54, 1.807) is 19.1 Å². The maximum absolute atomic E-state index is 13.2. The molecule has 0 aliphatic carbocycles. The minimum absolute atomic E-state index is 0.0176. The van der Waals surface area contributed by atoms with Crippen molar-refractivity contribution in [1.82, 2.24) is 5.32 Å². The minimum Gasteiger partial charge on any atom is -0.493 e. The second-order valence-electron chi connectivity index (χ2n) is 6.29. The van der Waals surface area contributed by atoms with Crippen molar-refractivity contribution in [3.63, 3.8) is 0 Å². The first-order valence-corrected chi connectivity index (χ1v) is 8.48. The van der Waals surface area contributed by atoms with Gasteiger partial charge in [0.05, 0.1) is 7.11 Å². The smallest absolute Gasteiger partial charge is 0.258 e. The van der Waals surface area contributed by atoms with Gasteiger partial charge in [0.25, 0.3) is 11.8 Å². The van der Waals surface area contributed by atoms with Crippen molar-refractivity contribution in [1.29, 1.82) is 0 Å². The number of anilines is 1. The second-order valence-corrected chi connectivity index (χ2v) is 6.29. The maximum atomic E-state index is 13.2. The van der Waals surface area contributed by atoms with Gasteiger partial charge in [0.15, 0.2) is 18.1 Å². The predicted molar refractivity (Wildman–Crippen MR) is 101 cm³/mol. The monoisotopic (exact) mass is 374 g/mol. The highest BCUT2D eigenvalue weighted by Crippen LogP contribution is 2.28. The molecule has 2 rings (SSSR count). The van der Waals surface area contributed by atoms with E-state index >= 15 is 0 Å². The number of hydrogen-bond acceptors (Lipinski definition) is 4. The van der Waals surface area contributed by atoms with Gasteiger partial charge in [-0.1, -0.05) is 0 Å². The van der Waals surface area contributed by atoms with E-state index in [9.17, 15) is 14.0 Å². The lowest BCUT2D eigenvalue weighted by molar-refractivity contribution is -0.123. The average Bonchev–Trinajstić information content (AvgIpc) is 2.61. The van der Waals surface area contributed by atoms with Crippen molar-refractivity contribution in [3.05, 3.63) is 53.3 Å². The Bertz CT molecular complexity index is 837. The third-order valence-corrected chi connectivity index (χ3v) is 3.67. The number of carbonyl (C=O) groups excluding carboxylic acids is 2. The van der Waals surface area contributed by atoms with E-state index in [2.05, 4.69) is 10.6 Å². The van der Waals surface area contributed by atoms with Crippen molar-refractivity contribution >= 4 is 17.5 Å². The first kappa shape index (κ1) is 20.2. The molecule has 0 radical (unpaired) electrons. The number of halogens is 1. The maximum Gasteiger partial charge on any atom is 0.258 e. The average molecular weight is 374 g/mol. The van der Waals surface area contributed by atoms with Crippen LogP contribution in [0.4, 0.5) is 10.1 Å². The predicted octanol–water partition coefficient (Wildman–Crippen LogP) is 3.30. The van der Waals surface area contributed by atoms with Crippen LogP contribution < -0.4 is 20.1 Å². The van der Waals surface area contributed by atoms with E-state index in [4.69, 9.17) is 9.47 Å². The van der Waals surface area contributed by atoms with Crippen LogP contribution in [0, 0.1) is 12.7 Å². The summed E-state index contributed by atoms with van der Waals surface area (Å²) in [6.45, 7) is 5.26. The normalized spacial score (nSPS) is 10.4. The molecule has 0 fully saturated rings. The number of aryl methyl sites for hydroxylation is 1. The van der Waals surface area contributed by atoms with E-state index in [-0.39, 0.29) is 30.3 Å². The summed E-state index contributed by atoms with van der Waals surface area (Å²) in [4.78, 5) is 24.1. The Labute approximate surface area is 157 Å². The van der Waals surface area contributed by atoms with Crippen molar-refractivity contribution in [2.45, 2.75) is 26.8 Å². The van der Waals surface area contributed by atoms with Gasteiger partial charge in [-0.3, -0.25) is 9.59 Å². The van der Waals surface area contributed by atoms with Gasteiger partial charge >= 0.3 is 0 Å². The highest BCUT2D eigenvalue weighted by atomic mass is 19.1. The van der Waals surface area contributed by atoms with Gasteiger partial charge in [-0.25, -0.2) is 4.39 Å². The molecule has 144 valence electrons. The molecular formula is C20H23FN2O4. The molecule has 2 aromatic carbocycles. The molecule has 0 aliphatic heterocycles. The quantitative estimate of drug-likeness (QED) is 0.780. The van der Waals surface area contributed by atoms with Crippen LogP contribution in [0.15, 0.2) is 36.4 Å². The summed E-state index contributed by atoms with van der Waals surface area (Å²) in [5.74, 6) is -0.301. The Hall–Kier alpha value is -3.09. The zero-order valence-corrected chi connectivity index (χ0v) is 15.8. The molecule has 0 saturated carbocycles. The lowest BCUT2D eigenvalue weighted by Gasteiger charge is -2.14. The van der Waals surface area contributed by atoms with Crippen molar-refractivity contribution in [2.24, 2.45) is 0 Å². The van der Waals surface area contributed by atoms with Crippen LogP contribution in [0.1, 0.15) is 29.8 Å². The zero-order valence-electron chi connectivity index (χ0n) is 15.8. The molecule has 0 heterocycles. The van der Waals surface area contributed by atoms with Crippen LogP contribution in [0.3, 0.4) is 0 Å². The van der Waals surface area contributed by atoms with Gasteiger partial charge in [0, 0.05) is 17.3 Å². The van der Waals surface area contributed by atoms with Crippen molar-refractivity contribution in [2.75, 3.05) is 19.0 Å². The standard InChI is InChI=1S/C20H23FN2O4/c1-12(2)22-19(24)11-27-17-8-5-14(10-18(17)26-4)20(25)23-16-7-6-15(21)9-13(16)3/h5-10,12H,11H2,1-4H3,(H,22,24)(H,23,25). The van der Waals surface area contributed by atoms with Gasteiger partial charge in [-0.15, -0.1) is 0 Å². The highest BCUT2D eigenvalue weighted by Gasteiger charge is 2.14. The van der Waals surface area contributed by atoms with Crippen LogP contribution in [0.2, 0.25) is 0 Å². The summed E-state index contributed by atoms with van der Waals surface area (Å²) in [5, 5.41) is 5.45. The first-order valence-electron chi connectivity index (χ1n) is 8.48. The fourth-order valence-corrected chi connectivity index (χ4v) is 2.40. The zero-order chi connectivity index (χ0) is 20.0. The Kier molecular flexibility index (Phi) is 6.76. The fourth-order valence-electron chi connectivity index (χ4n) is 2.40. The SMILES string of the molecule is COc1cc(C(=O)Nc2ccc(F)cc2C)ccc1OCC(=O)NC(C)C. The Balaban J connectivity index is 2.10. The van der Waals surface area contributed by atoms with Crippen LogP contribution >= 0.6 is 0 Å². The van der Waals surface area contributed by atoms with E-state index < -0.39 is 0 Å². The number of hydrogen-bond donors (Lipinski definition) is 2. The number of benzene rings is 2. The number of carbonyl (C=O) groups is 2. The topological polar surface area (TPSA) is 76.7 Å². The molecule has 7 heteroatoms. The van der Waals surface area contributed by atoms with Gasteiger partial charge in [0.1, 0.15) is 5.82 Å². The van der Waals surface area contributed by atoms with Gasteiger partial charge < -0.3 is 20.1 Å². The molecular weight excluding hydrogens is 351 g/mol. The summed E-state index contributed by atoms with van der Waals surface area (Å²) in [7, 11) is 1.45. The van der Waals surface area contributed by atoms with E-state index in [0.29, 0.717) is 28.3 Å². The molecule has 27 heavy (non-hydrogen) atoms. The molecule has 0 spiro atoms. The third-order valence-electron chi connectivity index (χ3n) is 3.67. The van der Waals surface area contributed by atoms with E-state index in [1.165, 1.54) is 31.4 Å². The Morgan fingerprint density at radius 3 is 2.48 bits per heavy atom. The number of amides is 2. The highest BCUT2D eigenvalue weighted by molar-refractivity contribution is 6.05. The molecule has 0 saturated heterocycles. The van der Waals surface area contributed by atoms with Crippen molar-refractivity contribution < 1.29 is 23.5 Å². The summed E-state index contributed by atoms with van der Waals surface area (Å²) < 4.78 is 23.9. The number of ether oxygens (including phenoxy) is 2. The molecule has 2 N–H and O–H groups in total. The third kappa shape index (κ3) is 5.70. The second kappa shape index (κ2) is 9.02.